The minimum absolute atomic E-state index is 0.0822. The van der Waals surface area contributed by atoms with Crippen molar-refractivity contribution in [1.29, 1.82) is 0 Å². The van der Waals surface area contributed by atoms with Gasteiger partial charge in [-0.3, -0.25) is 4.79 Å². The Kier molecular flexibility index (Phi) is 4.93. The Morgan fingerprint density at radius 3 is 2.87 bits per heavy atom. The molecule has 0 radical (unpaired) electrons. The molecule has 4 heteroatoms. The lowest BCUT2D eigenvalue weighted by molar-refractivity contribution is 0.0950. The van der Waals surface area contributed by atoms with E-state index in [0.29, 0.717) is 18.0 Å². The fourth-order valence-electron chi connectivity index (χ4n) is 2.85. The van der Waals surface area contributed by atoms with Gasteiger partial charge in [0.15, 0.2) is 0 Å². The van der Waals surface area contributed by atoms with E-state index in [-0.39, 0.29) is 11.7 Å². The third kappa shape index (κ3) is 3.90. The van der Waals surface area contributed by atoms with Crippen molar-refractivity contribution in [3.63, 3.8) is 0 Å². The van der Waals surface area contributed by atoms with Crippen LogP contribution < -0.4 is 5.32 Å². The zero-order valence-electron chi connectivity index (χ0n) is 13.0. The number of nitrogens with one attached hydrogen (secondary N) is 1. The molecule has 3 rings (SSSR count). The number of rotatable bonds is 5. The van der Waals surface area contributed by atoms with Gasteiger partial charge in [0.25, 0.3) is 5.91 Å². The molecule has 0 bridgehead atoms. The second-order valence-electron chi connectivity index (χ2n) is 5.87. The predicted molar refractivity (Wildman–Crippen MR) is 89.4 cm³/mol. The first-order valence-corrected chi connectivity index (χ1v) is 7.98. The van der Waals surface area contributed by atoms with Crippen LogP contribution in [0.2, 0.25) is 0 Å². The highest BCUT2D eigenvalue weighted by Gasteiger charge is 2.15. The normalized spacial score (nSPS) is 17.1. The van der Waals surface area contributed by atoms with Crippen LogP contribution in [0.3, 0.4) is 0 Å². The van der Waals surface area contributed by atoms with E-state index >= 15 is 0 Å². The van der Waals surface area contributed by atoms with Crippen LogP contribution in [-0.4, -0.2) is 30.8 Å². The van der Waals surface area contributed by atoms with Crippen LogP contribution in [0.25, 0.3) is 11.1 Å². The minimum Gasteiger partial charge on any atom is -0.507 e. The molecule has 1 heterocycles. The van der Waals surface area contributed by atoms with E-state index in [0.717, 1.165) is 37.2 Å². The van der Waals surface area contributed by atoms with Gasteiger partial charge in [-0.2, -0.15) is 0 Å². The van der Waals surface area contributed by atoms with Gasteiger partial charge in [0.05, 0.1) is 0 Å². The molecule has 1 saturated heterocycles. The molecule has 2 aromatic rings. The van der Waals surface area contributed by atoms with Gasteiger partial charge in [-0.15, -0.1) is 0 Å². The second kappa shape index (κ2) is 7.29. The summed E-state index contributed by atoms with van der Waals surface area (Å²) in [4.78, 5) is 12.3. The van der Waals surface area contributed by atoms with Crippen molar-refractivity contribution in [2.75, 3.05) is 19.8 Å². The summed E-state index contributed by atoms with van der Waals surface area (Å²) >= 11 is 0. The number of ether oxygens (including phenoxy) is 1. The summed E-state index contributed by atoms with van der Waals surface area (Å²) in [5.74, 6) is 0.690. The Bertz CT molecular complexity index is 678. The third-order valence-electron chi connectivity index (χ3n) is 4.20. The maximum atomic E-state index is 12.3. The molecule has 1 unspecified atom stereocenters. The van der Waals surface area contributed by atoms with Crippen LogP contribution in [0.1, 0.15) is 23.2 Å². The van der Waals surface area contributed by atoms with Crippen molar-refractivity contribution in [3.8, 4) is 16.9 Å². The van der Waals surface area contributed by atoms with Crippen LogP contribution in [0.4, 0.5) is 0 Å². The largest absolute Gasteiger partial charge is 0.507 e. The molecule has 0 aliphatic carbocycles. The molecular weight excluding hydrogens is 290 g/mol. The first kappa shape index (κ1) is 15.6. The number of aromatic hydroxyl groups is 1. The lowest BCUT2D eigenvalue weighted by Crippen LogP contribution is -2.26. The highest BCUT2D eigenvalue weighted by Crippen LogP contribution is 2.29. The van der Waals surface area contributed by atoms with Crippen LogP contribution in [0.5, 0.6) is 5.75 Å². The summed E-state index contributed by atoms with van der Waals surface area (Å²) in [5.41, 5.74) is 2.17. The van der Waals surface area contributed by atoms with Crippen molar-refractivity contribution in [2.45, 2.75) is 12.8 Å². The van der Waals surface area contributed by atoms with Crippen molar-refractivity contribution < 1.29 is 14.6 Å². The number of hydrogen-bond donors (Lipinski definition) is 2. The number of para-hydroxylation sites is 1. The van der Waals surface area contributed by atoms with Crippen molar-refractivity contribution >= 4 is 5.91 Å². The van der Waals surface area contributed by atoms with E-state index < -0.39 is 0 Å². The van der Waals surface area contributed by atoms with Gasteiger partial charge in [-0.05, 0) is 42.5 Å². The molecule has 23 heavy (non-hydrogen) atoms. The average molecular weight is 311 g/mol. The fraction of sp³-hybridized carbons (Fsp3) is 0.316. The predicted octanol–water partition coefficient (Wildman–Crippen LogP) is 3.22. The maximum absolute atomic E-state index is 12.3. The second-order valence-corrected chi connectivity index (χ2v) is 5.87. The quantitative estimate of drug-likeness (QED) is 0.891. The van der Waals surface area contributed by atoms with Crippen molar-refractivity contribution in [1.82, 2.24) is 5.32 Å². The fourth-order valence-corrected chi connectivity index (χ4v) is 2.85. The van der Waals surface area contributed by atoms with Crippen LogP contribution in [0.15, 0.2) is 48.5 Å². The Labute approximate surface area is 136 Å². The SMILES string of the molecule is O=C(NCCC1CCOC1)c1cccc(-c2ccccc2O)c1. The molecule has 0 spiro atoms. The van der Waals surface area contributed by atoms with E-state index in [1.165, 1.54) is 0 Å². The topological polar surface area (TPSA) is 58.6 Å². The zero-order chi connectivity index (χ0) is 16.1. The Hall–Kier alpha value is -2.33. The molecule has 1 aliphatic rings. The van der Waals surface area contributed by atoms with Crippen molar-refractivity contribution in [2.24, 2.45) is 5.92 Å². The summed E-state index contributed by atoms with van der Waals surface area (Å²) in [5, 5.41) is 12.9. The average Bonchev–Trinajstić information content (AvgIpc) is 3.09. The van der Waals surface area contributed by atoms with Gasteiger partial charge in [0, 0.05) is 30.9 Å². The van der Waals surface area contributed by atoms with Crippen LogP contribution in [-0.2, 0) is 4.74 Å². The Balaban J connectivity index is 1.64. The summed E-state index contributed by atoms with van der Waals surface area (Å²) in [7, 11) is 0. The first-order chi connectivity index (χ1) is 11.2. The first-order valence-electron chi connectivity index (χ1n) is 7.98. The van der Waals surface area contributed by atoms with E-state index in [1.54, 1.807) is 18.2 Å². The number of benzene rings is 2. The molecular formula is C19H21NO3. The number of hydrogen-bond acceptors (Lipinski definition) is 3. The maximum Gasteiger partial charge on any atom is 0.251 e. The number of carbonyl (C=O) groups is 1. The molecule has 2 aromatic carbocycles. The molecule has 1 aliphatic heterocycles. The summed E-state index contributed by atoms with van der Waals surface area (Å²) in [6, 6.07) is 14.5. The number of phenolic OH excluding ortho intramolecular Hbond substituents is 1. The molecule has 0 aromatic heterocycles. The van der Waals surface area contributed by atoms with E-state index in [1.807, 2.05) is 30.3 Å². The molecule has 4 nitrogen and oxygen atoms in total. The van der Waals surface area contributed by atoms with Gasteiger partial charge < -0.3 is 15.2 Å². The summed E-state index contributed by atoms with van der Waals surface area (Å²) < 4.78 is 5.34. The standard InChI is InChI=1S/C19H21NO3/c21-18-7-2-1-6-17(18)15-4-3-5-16(12-15)19(22)20-10-8-14-9-11-23-13-14/h1-7,12,14,21H,8-11,13H2,(H,20,22). The lowest BCUT2D eigenvalue weighted by Gasteiger charge is -2.10. The minimum atomic E-state index is -0.0822. The molecule has 2 N–H and O–H groups in total. The monoisotopic (exact) mass is 311 g/mol. The number of carbonyl (C=O) groups excluding carboxylic acids is 1. The molecule has 120 valence electrons. The Morgan fingerprint density at radius 1 is 1.22 bits per heavy atom. The smallest absolute Gasteiger partial charge is 0.251 e. The van der Waals surface area contributed by atoms with Gasteiger partial charge in [0.2, 0.25) is 0 Å². The highest BCUT2D eigenvalue weighted by atomic mass is 16.5. The van der Waals surface area contributed by atoms with Gasteiger partial charge in [0.1, 0.15) is 5.75 Å². The van der Waals surface area contributed by atoms with E-state index in [2.05, 4.69) is 5.32 Å². The highest BCUT2D eigenvalue weighted by molar-refractivity contribution is 5.95. The van der Waals surface area contributed by atoms with Gasteiger partial charge >= 0.3 is 0 Å². The number of amides is 1. The lowest BCUT2D eigenvalue weighted by atomic mass is 10.0. The number of phenols is 1. The van der Waals surface area contributed by atoms with Crippen LogP contribution >= 0.6 is 0 Å². The molecule has 1 amide bonds. The third-order valence-corrected chi connectivity index (χ3v) is 4.20. The summed E-state index contributed by atoms with van der Waals surface area (Å²) in [6.45, 7) is 2.30. The van der Waals surface area contributed by atoms with E-state index in [9.17, 15) is 9.90 Å². The van der Waals surface area contributed by atoms with Crippen LogP contribution in [0, 0.1) is 5.92 Å². The Morgan fingerprint density at radius 2 is 2.09 bits per heavy atom. The van der Waals surface area contributed by atoms with Gasteiger partial charge in [-0.25, -0.2) is 0 Å². The molecule has 1 atom stereocenters. The van der Waals surface area contributed by atoms with Crippen molar-refractivity contribution in [3.05, 3.63) is 54.1 Å². The summed E-state index contributed by atoms with van der Waals surface area (Å²) in [6.07, 6.45) is 2.03. The molecule has 1 fully saturated rings. The zero-order valence-corrected chi connectivity index (χ0v) is 13.0. The molecule has 0 saturated carbocycles. The van der Waals surface area contributed by atoms with E-state index in [4.69, 9.17) is 4.74 Å². The van der Waals surface area contributed by atoms with Gasteiger partial charge in [-0.1, -0.05) is 30.3 Å².